The summed E-state index contributed by atoms with van der Waals surface area (Å²) in [4.78, 5) is 42.5. The zero-order chi connectivity index (χ0) is 29.4. The quantitative estimate of drug-likeness (QED) is 0.158. The van der Waals surface area contributed by atoms with Crippen LogP contribution in [0.4, 0.5) is 11.4 Å². The molecule has 1 fully saturated rings. The van der Waals surface area contributed by atoms with Gasteiger partial charge in [-0.15, -0.1) is 28.6 Å². The molecule has 2 aromatic rings. The third-order valence-corrected chi connectivity index (χ3v) is 10.2. The highest BCUT2D eigenvalue weighted by molar-refractivity contribution is 8.22. The summed E-state index contributed by atoms with van der Waals surface area (Å²) in [6.07, 6.45) is 3.53. The van der Waals surface area contributed by atoms with Crippen molar-refractivity contribution in [2.75, 3.05) is 29.2 Å². The third kappa shape index (κ3) is 8.37. The molecule has 0 bridgehead atoms. The number of hydroxylamine groups is 2. The maximum Gasteiger partial charge on any atom is 0.333 e. The minimum Gasteiger partial charge on any atom is -0.344 e. The molecule has 0 aliphatic carbocycles. The van der Waals surface area contributed by atoms with Gasteiger partial charge in [0.25, 0.3) is 21.9 Å². The lowest BCUT2D eigenvalue weighted by Crippen LogP contribution is -2.31. The largest absolute Gasteiger partial charge is 0.344 e. The molecule has 1 saturated heterocycles. The molecule has 2 aromatic carbocycles. The van der Waals surface area contributed by atoms with Crippen LogP contribution >= 0.6 is 23.5 Å². The van der Waals surface area contributed by atoms with E-state index >= 15 is 0 Å². The molecule has 2 aliphatic heterocycles. The molecule has 0 aromatic heterocycles. The van der Waals surface area contributed by atoms with Crippen LogP contribution < -0.4 is 4.90 Å². The summed E-state index contributed by atoms with van der Waals surface area (Å²) in [5.41, 5.74) is 5.65. The molecule has 0 unspecified atom stereocenters. The zero-order valence-corrected chi connectivity index (χ0v) is 25.4. The summed E-state index contributed by atoms with van der Waals surface area (Å²) >= 11 is 3.45. The molecular formula is C29H34N2O7S3. The van der Waals surface area contributed by atoms with Crippen LogP contribution in [0.1, 0.15) is 62.5 Å². The van der Waals surface area contributed by atoms with E-state index in [-0.39, 0.29) is 25.0 Å². The Morgan fingerprint density at radius 2 is 1.39 bits per heavy atom. The average molecular weight is 619 g/mol. The molecule has 220 valence electrons. The molecular weight excluding hydrogens is 585 g/mol. The maximum atomic E-state index is 12.1. The van der Waals surface area contributed by atoms with Gasteiger partial charge in [0.1, 0.15) is 0 Å². The molecule has 0 spiro atoms. The van der Waals surface area contributed by atoms with Gasteiger partial charge in [-0.25, -0.2) is 4.79 Å². The second-order valence-electron chi connectivity index (χ2n) is 9.80. The summed E-state index contributed by atoms with van der Waals surface area (Å²) in [5.74, 6) is -0.257. The second-order valence-corrected chi connectivity index (χ2v) is 13.8. The van der Waals surface area contributed by atoms with Gasteiger partial charge in [-0.3, -0.25) is 14.1 Å². The topological polar surface area (TPSA) is 121 Å². The van der Waals surface area contributed by atoms with Gasteiger partial charge in [-0.2, -0.15) is 8.42 Å². The van der Waals surface area contributed by atoms with Gasteiger partial charge in [0.05, 0.1) is 5.75 Å². The number of amides is 2. The van der Waals surface area contributed by atoms with Gasteiger partial charge in [-0.1, -0.05) is 42.8 Å². The summed E-state index contributed by atoms with van der Waals surface area (Å²) in [6, 6.07) is 16.6. The Morgan fingerprint density at radius 1 is 0.854 bits per heavy atom. The molecule has 2 aliphatic rings. The molecule has 2 amide bonds. The number of nitrogens with zero attached hydrogens (tertiary/aromatic N) is 2. The lowest BCUT2D eigenvalue weighted by Gasteiger charge is -2.33. The van der Waals surface area contributed by atoms with E-state index in [1.165, 1.54) is 0 Å². The molecule has 1 N–H and O–H groups in total. The van der Waals surface area contributed by atoms with Crippen molar-refractivity contribution in [2.45, 2.75) is 51.4 Å². The smallest absolute Gasteiger partial charge is 0.333 e. The minimum absolute atomic E-state index is 0.0744. The molecule has 9 nitrogen and oxygen atoms in total. The summed E-state index contributed by atoms with van der Waals surface area (Å²) in [6.45, 7) is 0. The van der Waals surface area contributed by atoms with Crippen LogP contribution in [0.2, 0.25) is 0 Å². The number of hydrogen-bond donors (Lipinski definition) is 1. The van der Waals surface area contributed by atoms with Crippen molar-refractivity contribution in [1.29, 1.82) is 0 Å². The average Bonchev–Trinajstić information content (AvgIpc) is 3.25. The Labute approximate surface area is 249 Å². The summed E-state index contributed by atoms with van der Waals surface area (Å²) in [5, 5.41) is 0.584. The maximum absolute atomic E-state index is 12.1. The number of carbonyl (C=O) groups excluding carboxylic acids is 3. The first kappa shape index (κ1) is 31.1. The fraction of sp³-hybridized carbons (Fsp3) is 0.414. The minimum atomic E-state index is -3.97. The van der Waals surface area contributed by atoms with Crippen LogP contribution in [0, 0.1) is 0 Å². The molecule has 0 radical (unpaired) electrons. The predicted molar refractivity (Wildman–Crippen MR) is 163 cm³/mol. The van der Waals surface area contributed by atoms with E-state index in [9.17, 15) is 22.8 Å². The number of rotatable bonds is 14. The fourth-order valence-corrected chi connectivity index (χ4v) is 7.90. The van der Waals surface area contributed by atoms with Crippen LogP contribution in [0.15, 0.2) is 52.8 Å². The zero-order valence-electron chi connectivity index (χ0n) is 22.9. The molecule has 41 heavy (non-hydrogen) atoms. The van der Waals surface area contributed by atoms with Gasteiger partial charge < -0.3 is 9.74 Å². The number of carbonyl (C=O) groups is 3. The van der Waals surface area contributed by atoms with Crippen LogP contribution in [0.3, 0.4) is 0 Å². The highest BCUT2D eigenvalue weighted by Gasteiger charge is 2.32. The highest BCUT2D eigenvalue weighted by atomic mass is 32.2. The van der Waals surface area contributed by atoms with E-state index in [1.807, 2.05) is 24.3 Å². The van der Waals surface area contributed by atoms with Gasteiger partial charge in [-0.05, 0) is 49.3 Å². The van der Waals surface area contributed by atoms with Crippen molar-refractivity contribution >= 4 is 68.4 Å². The first-order chi connectivity index (χ1) is 19.7. The Kier molecular flexibility index (Phi) is 10.9. The lowest BCUT2D eigenvalue weighted by atomic mass is 9.92. The molecule has 4 rings (SSSR count). The van der Waals surface area contributed by atoms with Gasteiger partial charge in [0, 0.05) is 58.6 Å². The van der Waals surface area contributed by atoms with Crippen molar-refractivity contribution in [3.8, 4) is 0 Å². The number of anilines is 2. The number of thioether (sulfide) groups is 2. The van der Waals surface area contributed by atoms with Crippen molar-refractivity contribution in [2.24, 2.45) is 0 Å². The molecule has 12 heteroatoms. The van der Waals surface area contributed by atoms with E-state index in [2.05, 4.69) is 36.2 Å². The number of para-hydroxylation sites is 2. The third-order valence-electron chi connectivity index (χ3n) is 6.76. The predicted octanol–water partition coefficient (Wildman–Crippen LogP) is 5.79. The SMILES string of the molecule is CN1c2ccccc2C(=C(SCCCCCC(=O)ON2C(=O)CCC2=O)SCCCCS(=O)(=O)O)c2ccccc21. The van der Waals surface area contributed by atoms with E-state index in [0.717, 1.165) is 50.9 Å². The van der Waals surface area contributed by atoms with Crippen molar-refractivity contribution < 1.29 is 32.2 Å². The van der Waals surface area contributed by atoms with Crippen LogP contribution in [-0.4, -0.2) is 60.1 Å². The second kappa shape index (κ2) is 14.4. The normalized spacial score (nSPS) is 14.7. The molecule has 0 atom stereocenters. The monoisotopic (exact) mass is 618 g/mol. The Balaban J connectivity index is 1.41. The fourth-order valence-electron chi connectivity index (χ4n) is 4.71. The first-order valence-electron chi connectivity index (χ1n) is 13.6. The van der Waals surface area contributed by atoms with Crippen LogP contribution in [-0.2, 0) is 29.3 Å². The van der Waals surface area contributed by atoms with Crippen LogP contribution in [0.5, 0.6) is 0 Å². The molecule has 2 heterocycles. The number of benzene rings is 2. The van der Waals surface area contributed by atoms with Crippen molar-refractivity contribution in [3.05, 3.63) is 63.9 Å². The van der Waals surface area contributed by atoms with Crippen molar-refractivity contribution in [3.63, 3.8) is 0 Å². The molecule has 0 saturated carbocycles. The van der Waals surface area contributed by atoms with Gasteiger partial charge >= 0.3 is 5.97 Å². The van der Waals surface area contributed by atoms with Crippen LogP contribution in [0.25, 0.3) is 5.57 Å². The van der Waals surface area contributed by atoms with Crippen molar-refractivity contribution in [1.82, 2.24) is 5.06 Å². The Bertz CT molecular complexity index is 1360. The van der Waals surface area contributed by atoms with E-state index in [1.54, 1.807) is 23.5 Å². The number of fused-ring (bicyclic) bond motifs is 2. The van der Waals surface area contributed by atoms with E-state index in [0.29, 0.717) is 30.1 Å². The standard InChI is InChI=1S/C29H34N2O7S3/c1-30-23-13-6-4-11-21(23)28(22-12-5-7-14-24(22)30)29(40-19-9-10-20-41(35,36)37)39-18-8-2-3-15-27(34)38-31-25(32)16-17-26(31)33/h4-7,11-14H,2-3,8-10,15-20H2,1H3,(H,35,36,37). The lowest BCUT2D eigenvalue weighted by molar-refractivity contribution is -0.197. The summed E-state index contributed by atoms with van der Waals surface area (Å²) < 4.78 is 32.5. The van der Waals surface area contributed by atoms with Gasteiger partial charge in [0.15, 0.2) is 0 Å². The Hall–Kier alpha value is -2.80. The number of imide groups is 1. The number of unbranched alkanes of at least 4 members (excludes halogenated alkanes) is 3. The summed E-state index contributed by atoms with van der Waals surface area (Å²) in [7, 11) is -1.91. The first-order valence-corrected chi connectivity index (χ1v) is 17.2. The number of hydrogen-bond acceptors (Lipinski definition) is 9. The van der Waals surface area contributed by atoms with E-state index < -0.39 is 27.9 Å². The van der Waals surface area contributed by atoms with E-state index in [4.69, 9.17) is 9.39 Å². The van der Waals surface area contributed by atoms with Gasteiger partial charge in [0.2, 0.25) is 0 Å². The Morgan fingerprint density at radius 3 is 1.95 bits per heavy atom. The highest BCUT2D eigenvalue weighted by Crippen LogP contribution is 2.49.